The molecule has 1 unspecified atom stereocenters. The fourth-order valence-corrected chi connectivity index (χ4v) is 2.42. The summed E-state index contributed by atoms with van der Waals surface area (Å²) >= 11 is 0. The van der Waals surface area contributed by atoms with Crippen molar-refractivity contribution in [1.82, 2.24) is 10.3 Å². The minimum atomic E-state index is -0.638. The maximum absolute atomic E-state index is 13.4. The van der Waals surface area contributed by atoms with Crippen LogP contribution in [0.15, 0.2) is 54.9 Å². The molecular weight excluding hydrogens is 337 g/mol. The number of aliphatic hydroxyl groups is 1. The van der Waals surface area contributed by atoms with Crippen LogP contribution in [0.25, 0.3) is 10.8 Å². The number of benzene rings is 2. The number of hydrogen-bond donors (Lipinski definition) is 3. The fraction of sp³-hybridized carbons (Fsp3) is 0.158. The summed E-state index contributed by atoms with van der Waals surface area (Å²) in [6.07, 6.45) is 2.58. The maximum atomic E-state index is 13.4. The van der Waals surface area contributed by atoms with Gasteiger partial charge < -0.3 is 20.5 Å². The number of halogens is 1. The molecule has 3 N–H and O–H groups in total. The molecule has 2 aromatic carbocycles. The van der Waals surface area contributed by atoms with Gasteiger partial charge in [0.15, 0.2) is 0 Å². The highest BCUT2D eigenvalue weighted by Crippen LogP contribution is 2.34. The maximum Gasteiger partial charge on any atom is 0.319 e. The zero-order valence-electron chi connectivity index (χ0n) is 14.1. The van der Waals surface area contributed by atoms with Gasteiger partial charge in [0, 0.05) is 35.8 Å². The second kappa shape index (κ2) is 7.79. The SMILES string of the molecule is CC(O)CNC(=O)Nc1ccc(Oc2cccc(F)c2)c2ccncc12. The van der Waals surface area contributed by atoms with Gasteiger partial charge in [-0.25, -0.2) is 9.18 Å². The van der Waals surface area contributed by atoms with Crippen molar-refractivity contribution in [3.63, 3.8) is 0 Å². The number of fused-ring (bicyclic) bond motifs is 1. The zero-order valence-corrected chi connectivity index (χ0v) is 14.1. The lowest BCUT2D eigenvalue weighted by Crippen LogP contribution is -2.34. The molecule has 0 saturated heterocycles. The van der Waals surface area contributed by atoms with Crippen LogP contribution in [-0.4, -0.2) is 28.8 Å². The summed E-state index contributed by atoms with van der Waals surface area (Å²) in [6.45, 7) is 1.72. The van der Waals surface area contributed by atoms with E-state index in [1.54, 1.807) is 49.6 Å². The van der Waals surface area contributed by atoms with Crippen LogP contribution < -0.4 is 15.4 Å². The molecule has 0 bridgehead atoms. The molecule has 0 aliphatic heterocycles. The van der Waals surface area contributed by atoms with Gasteiger partial charge in [0.05, 0.1) is 11.8 Å². The first-order chi connectivity index (χ1) is 12.5. The Morgan fingerprint density at radius 1 is 1.27 bits per heavy atom. The van der Waals surface area contributed by atoms with Crippen molar-refractivity contribution < 1.29 is 19.0 Å². The Morgan fingerprint density at radius 3 is 2.88 bits per heavy atom. The van der Waals surface area contributed by atoms with Crippen molar-refractivity contribution in [2.24, 2.45) is 0 Å². The minimum Gasteiger partial charge on any atom is -0.457 e. The summed E-state index contributed by atoms with van der Waals surface area (Å²) in [6, 6.07) is 10.6. The van der Waals surface area contributed by atoms with Crippen molar-refractivity contribution in [3.8, 4) is 11.5 Å². The quantitative estimate of drug-likeness (QED) is 0.652. The van der Waals surface area contributed by atoms with E-state index in [9.17, 15) is 14.3 Å². The molecule has 3 rings (SSSR count). The first-order valence-electron chi connectivity index (χ1n) is 8.06. The Bertz CT molecular complexity index is 931. The van der Waals surface area contributed by atoms with E-state index in [1.165, 1.54) is 12.1 Å². The normalized spacial score (nSPS) is 11.8. The molecular formula is C19H18FN3O3. The molecule has 0 saturated carbocycles. The largest absolute Gasteiger partial charge is 0.457 e. The average Bonchev–Trinajstić information content (AvgIpc) is 2.62. The molecule has 0 aliphatic carbocycles. The number of ether oxygens (including phenoxy) is 1. The second-order valence-corrected chi connectivity index (χ2v) is 5.78. The molecule has 0 spiro atoms. The Morgan fingerprint density at radius 2 is 2.12 bits per heavy atom. The number of nitrogens with zero attached hydrogens (tertiary/aromatic N) is 1. The number of carbonyl (C=O) groups is 1. The summed E-state index contributed by atoms with van der Waals surface area (Å²) < 4.78 is 19.1. The van der Waals surface area contributed by atoms with E-state index in [0.717, 1.165) is 5.39 Å². The number of aliphatic hydroxyl groups excluding tert-OH is 1. The molecule has 1 heterocycles. The number of anilines is 1. The number of nitrogens with one attached hydrogen (secondary N) is 2. The lowest BCUT2D eigenvalue weighted by Gasteiger charge is -2.14. The molecule has 0 fully saturated rings. The predicted molar refractivity (Wildman–Crippen MR) is 96.9 cm³/mol. The number of aromatic nitrogens is 1. The molecule has 0 aliphatic rings. The molecule has 0 radical (unpaired) electrons. The Labute approximate surface area is 149 Å². The van der Waals surface area contributed by atoms with Crippen LogP contribution in [0.5, 0.6) is 11.5 Å². The van der Waals surface area contributed by atoms with Gasteiger partial charge in [0.1, 0.15) is 17.3 Å². The third-order valence-corrected chi connectivity index (χ3v) is 3.61. The number of pyridine rings is 1. The minimum absolute atomic E-state index is 0.142. The van der Waals surface area contributed by atoms with Crippen molar-refractivity contribution in [2.45, 2.75) is 13.0 Å². The highest BCUT2D eigenvalue weighted by Gasteiger charge is 2.11. The van der Waals surface area contributed by atoms with Crippen LogP contribution in [0.4, 0.5) is 14.9 Å². The summed E-state index contributed by atoms with van der Waals surface area (Å²) in [5.74, 6) is 0.503. The fourth-order valence-electron chi connectivity index (χ4n) is 2.42. The Hall–Kier alpha value is -3.19. The van der Waals surface area contributed by atoms with Gasteiger partial charge in [-0.3, -0.25) is 4.98 Å². The lowest BCUT2D eigenvalue weighted by atomic mass is 10.1. The van der Waals surface area contributed by atoms with Crippen LogP contribution in [0.3, 0.4) is 0 Å². The third-order valence-electron chi connectivity index (χ3n) is 3.61. The third kappa shape index (κ3) is 4.25. The molecule has 26 heavy (non-hydrogen) atoms. The standard InChI is InChI=1S/C19H18FN3O3/c1-12(24)10-22-19(25)23-17-5-6-18(15-7-8-21-11-16(15)17)26-14-4-2-3-13(20)9-14/h2-9,11-12,24H,10H2,1H3,(H2,22,23,25). The van der Waals surface area contributed by atoms with Crippen LogP contribution >= 0.6 is 0 Å². The Kier molecular flexibility index (Phi) is 5.28. The van der Waals surface area contributed by atoms with Crippen molar-refractivity contribution in [1.29, 1.82) is 0 Å². The highest BCUT2D eigenvalue weighted by molar-refractivity contribution is 6.03. The van der Waals surface area contributed by atoms with Crippen molar-refractivity contribution in [3.05, 3.63) is 60.7 Å². The van der Waals surface area contributed by atoms with E-state index >= 15 is 0 Å². The molecule has 2 amide bonds. The molecule has 6 nitrogen and oxygen atoms in total. The van der Waals surface area contributed by atoms with Crippen LogP contribution in [0.1, 0.15) is 6.92 Å². The van der Waals surface area contributed by atoms with Gasteiger partial charge in [-0.1, -0.05) is 6.07 Å². The second-order valence-electron chi connectivity index (χ2n) is 5.78. The lowest BCUT2D eigenvalue weighted by molar-refractivity contribution is 0.190. The van der Waals surface area contributed by atoms with E-state index in [1.807, 2.05) is 0 Å². The summed E-state index contributed by atoms with van der Waals surface area (Å²) in [5.41, 5.74) is 0.544. The van der Waals surface area contributed by atoms with Gasteiger partial charge in [0.2, 0.25) is 0 Å². The summed E-state index contributed by atoms with van der Waals surface area (Å²) in [7, 11) is 0. The van der Waals surface area contributed by atoms with E-state index < -0.39 is 12.1 Å². The molecule has 134 valence electrons. The number of carbonyl (C=O) groups excluding carboxylic acids is 1. The number of hydrogen-bond acceptors (Lipinski definition) is 4. The highest BCUT2D eigenvalue weighted by atomic mass is 19.1. The van der Waals surface area contributed by atoms with Crippen LogP contribution in [0.2, 0.25) is 0 Å². The van der Waals surface area contributed by atoms with E-state index in [2.05, 4.69) is 15.6 Å². The molecule has 1 atom stereocenters. The van der Waals surface area contributed by atoms with E-state index in [0.29, 0.717) is 22.6 Å². The van der Waals surface area contributed by atoms with Crippen molar-refractivity contribution in [2.75, 3.05) is 11.9 Å². The van der Waals surface area contributed by atoms with Gasteiger partial charge in [-0.15, -0.1) is 0 Å². The van der Waals surface area contributed by atoms with Crippen LogP contribution in [-0.2, 0) is 0 Å². The van der Waals surface area contributed by atoms with Gasteiger partial charge >= 0.3 is 6.03 Å². The van der Waals surface area contributed by atoms with E-state index in [-0.39, 0.29) is 12.4 Å². The number of amides is 2. The first-order valence-corrected chi connectivity index (χ1v) is 8.06. The topological polar surface area (TPSA) is 83.5 Å². The van der Waals surface area contributed by atoms with Crippen LogP contribution in [0, 0.1) is 5.82 Å². The predicted octanol–water partition coefficient (Wildman–Crippen LogP) is 3.67. The number of rotatable bonds is 5. The van der Waals surface area contributed by atoms with Gasteiger partial charge in [-0.2, -0.15) is 0 Å². The molecule has 1 aromatic heterocycles. The van der Waals surface area contributed by atoms with Crippen molar-refractivity contribution >= 4 is 22.5 Å². The number of urea groups is 1. The molecule has 3 aromatic rings. The average molecular weight is 355 g/mol. The zero-order chi connectivity index (χ0) is 18.5. The first kappa shape index (κ1) is 17.6. The van der Waals surface area contributed by atoms with Gasteiger partial charge in [0.25, 0.3) is 0 Å². The smallest absolute Gasteiger partial charge is 0.319 e. The Balaban J connectivity index is 1.88. The monoisotopic (exact) mass is 355 g/mol. The van der Waals surface area contributed by atoms with Gasteiger partial charge in [-0.05, 0) is 37.3 Å². The van der Waals surface area contributed by atoms with E-state index in [4.69, 9.17) is 4.74 Å². The summed E-state index contributed by atoms with van der Waals surface area (Å²) in [5, 5.41) is 15.9. The summed E-state index contributed by atoms with van der Waals surface area (Å²) in [4.78, 5) is 16.0. The molecule has 7 heteroatoms.